The van der Waals surface area contributed by atoms with Crippen LogP contribution in [0.4, 0.5) is 0 Å². The Kier molecular flexibility index (Phi) is 2.22. The molecule has 0 radical (unpaired) electrons. The summed E-state index contributed by atoms with van der Waals surface area (Å²) < 4.78 is 16.1. The third-order valence-corrected chi connectivity index (χ3v) is 2.69. The van der Waals surface area contributed by atoms with Crippen molar-refractivity contribution in [3.63, 3.8) is 0 Å². The SMILES string of the molecule is COc1ccc(OCC2CO2)c2cc[nH]c12. The maximum Gasteiger partial charge on any atom is 0.143 e. The van der Waals surface area contributed by atoms with Crippen LogP contribution in [0.3, 0.4) is 0 Å². The molecule has 1 aromatic heterocycles. The molecule has 4 heteroatoms. The summed E-state index contributed by atoms with van der Waals surface area (Å²) in [6, 6.07) is 5.82. The number of epoxide rings is 1. The molecule has 0 bridgehead atoms. The molecule has 0 amide bonds. The number of H-pyrrole nitrogens is 1. The summed E-state index contributed by atoms with van der Waals surface area (Å²) in [5.41, 5.74) is 0.969. The summed E-state index contributed by atoms with van der Waals surface area (Å²) in [6.45, 7) is 1.43. The molecular formula is C12H13NO3. The van der Waals surface area contributed by atoms with Crippen LogP contribution in [0.5, 0.6) is 11.5 Å². The smallest absolute Gasteiger partial charge is 0.143 e. The highest BCUT2D eigenvalue weighted by Gasteiger charge is 2.23. The largest absolute Gasteiger partial charge is 0.495 e. The number of nitrogens with one attached hydrogen (secondary N) is 1. The van der Waals surface area contributed by atoms with Crippen molar-refractivity contribution in [2.45, 2.75) is 6.10 Å². The lowest BCUT2D eigenvalue weighted by Gasteiger charge is -2.08. The fourth-order valence-electron chi connectivity index (χ4n) is 1.75. The van der Waals surface area contributed by atoms with E-state index in [4.69, 9.17) is 14.2 Å². The normalized spacial score (nSPS) is 18.7. The molecule has 2 aromatic rings. The number of fused-ring (bicyclic) bond motifs is 1. The molecule has 1 aliphatic heterocycles. The lowest BCUT2D eigenvalue weighted by atomic mass is 10.2. The molecule has 0 saturated carbocycles. The van der Waals surface area contributed by atoms with Gasteiger partial charge in [0.1, 0.15) is 24.2 Å². The van der Waals surface area contributed by atoms with Crippen LogP contribution in [0.1, 0.15) is 0 Å². The van der Waals surface area contributed by atoms with Crippen LogP contribution in [0.15, 0.2) is 24.4 Å². The van der Waals surface area contributed by atoms with Gasteiger partial charge in [0.25, 0.3) is 0 Å². The molecule has 84 valence electrons. The van der Waals surface area contributed by atoms with Gasteiger partial charge in [-0.15, -0.1) is 0 Å². The van der Waals surface area contributed by atoms with Crippen molar-refractivity contribution in [2.24, 2.45) is 0 Å². The number of hydrogen-bond donors (Lipinski definition) is 1. The Morgan fingerprint density at radius 1 is 1.38 bits per heavy atom. The van der Waals surface area contributed by atoms with E-state index >= 15 is 0 Å². The van der Waals surface area contributed by atoms with Crippen LogP contribution in [0.25, 0.3) is 10.9 Å². The van der Waals surface area contributed by atoms with E-state index in [1.54, 1.807) is 7.11 Å². The number of rotatable bonds is 4. The minimum absolute atomic E-state index is 0.274. The second kappa shape index (κ2) is 3.72. The van der Waals surface area contributed by atoms with Gasteiger partial charge in [0.15, 0.2) is 0 Å². The van der Waals surface area contributed by atoms with Crippen LogP contribution >= 0.6 is 0 Å². The Balaban J connectivity index is 1.94. The molecule has 1 unspecified atom stereocenters. The molecule has 1 N–H and O–H groups in total. The molecule has 1 fully saturated rings. The quantitative estimate of drug-likeness (QED) is 0.799. The third kappa shape index (κ3) is 1.61. The van der Waals surface area contributed by atoms with Gasteiger partial charge in [0.05, 0.1) is 19.2 Å². The van der Waals surface area contributed by atoms with Gasteiger partial charge in [-0.2, -0.15) is 0 Å². The van der Waals surface area contributed by atoms with E-state index in [0.29, 0.717) is 6.61 Å². The molecule has 2 heterocycles. The topological polar surface area (TPSA) is 46.8 Å². The predicted molar refractivity (Wildman–Crippen MR) is 60.1 cm³/mol. The van der Waals surface area contributed by atoms with Crippen LogP contribution in [-0.4, -0.2) is 31.4 Å². The second-order valence-corrected chi connectivity index (χ2v) is 3.80. The van der Waals surface area contributed by atoms with Gasteiger partial charge in [0.2, 0.25) is 0 Å². The molecular weight excluding hydrogens is 206 g/mol. The molecule has 0 aliphatic carbocycles. The summed E-state index contributed by atoms with van der Waals surface area (Å²) in [6.07, 6.45) is 2.16. The van der Waals surface area contributed by atoms with Gasteiger partial charge in [-0.25, -0.2) is 0 Å². The number of aromatic amines is 1. The molecule has 16 heavy (non-hydrogen) atoms. The average Bonchev–Trinajstić information content (AvgIpc) is 3.01. The zero-order valence-electron chi connectivity index (χ0n) is 9.03. The zero-order valence-corrected chi connectivity index (χ0v) is 9.03. The van der Waals surface area contributed by atoms with E-state index in [-0.39, 0.29) is 6.10 Å². The minimum Gasteiger partial charge on any atom is -0.495 e. The van der Waals surface area contributed by atoms with Crippen LogP contribution in [0, 0.1) is 0 Å². The first kappa shape index (κ1) is 9.54. The summed E-state index contributed by atoms with van der Waals surface area (Å²) in [5, 5.41) is 1.04. The van der Waals surface area contributed by atoms with Crippen LogP contribution in [0.2, 0.25) is 0 Å². The third-order valence-electron chi connectivity index (χ3n) is 2.69. The molecule has 0 spiro atoms. The summed E-state index contributed by atoms with van der Waals surface area (Å²) in [5.74, 6) is 1.70. The highest BCUT2D eigenvalue weighted by Crippen LogP contribution is 2.32. The maximum atomic E-state index is 5.70. The summed E-state index contributed by atoms with van der Waals surface area (Å²) in [4.78, 5) is 3.15. The number of methoxy groups -OCH3 is 1. The van der Waals surface area contributed by atoms with E-state index in [0.717, 1.165) is 29.0 Å². The zero-order chi connectivity index (χ0) is 11.0. The highest BCUT2D eigenvalue weighted by atomic mass is 16.6. The Morgan fingerprint density at radius 3 is 2.94 bits per heavy atom. The number of hydrogen-bond acceptors (Lipinski definition) is 3. The second-order valence-electron chi connectivity index (χ2n) is 3.80. The van der Waals surface area contributed by atoms with E-state index in [1.165, 1.54) is 0 Å². The van der Waals surface area contributed by atoms with Crippen molar-refractivity contribution in [2.75, 3.05) is 20.3 Å². The average molecular weight is 219 g/mol. The molecule has 3 rings (SSSR count). The molecule has 4 nitrogen and oxygen atoms in total. The van der Waals surface area contributed by atoms with Crippen molar-refractivity contribution in [1.82, 2.24) is 4.98 Å². The predicted octanol–water partition coefficient (Wildman–Crippen LogP) is 1.95. The van der Waals surface area contributed by atoms with Crippen LogP contribution < -0.4 is 9.47 Å². The minimum atomic E-state index is 0.274. The van der Waals surface area contributed by atoms with Crippen molar-refractivity contribution in [3.8, 4) is 11.5 Å². The summed E-state index contributed by atoms with van der Waals surface area (Å²) >= 11 is 0. The Hall–Kier alpha value is -1.68. The van der Waals surface area contributed by atoms with Crippen molar-refractivity contribution >= 4 is 10.9 Å². The lowest BCUT2D eigenvalue weighted by molar-refractivity contribution is 0.265. The number of ether oxygens (including phenoxy) is 3. The van der Waals surface area contributed by atoms with Gasteiger partial charge < -0.3 is 19.2 Å². The van der Waals surface area contributed by atoms with Crippen molar-refractivity contribution in [3.05, 3.63) is 24.4 Å². The summed E-state index contributed by atoms with van der Waals surface area (Å²) in [7, 11) is 1.66. The number of benzene rings is 1. The monoisotopic (exact) mass is 219 g/mol. The van der Waals surface area contributed by atoms with Gasteiger partial charge in [0, 0.05) is 11.6 Å². The molecule has 1 atom stereocenters. The van der Waals surface area contributed by atoms with E-state index in [1.807, 2.05) is 24.4 Å². The van der Waals surface area contributed by atoms with E-state index < -0.39 is 0 Å². The highest BCUT2D eigenvalue weighted by molar-refractivity contribution is 5.90. The Labute approximate surface area is 93.1 Å². The Morgan fingerprint density at radius 2 is 2.19 bits per heavy atom. The van der Waals surface area contributed by atoms with Gasteiger partial charge in [-0.05, 0) is 18.2 Å². The van der Waals surface area contributed by atoms with Crippen molar-refractivity contribution < 1.29 is 14.2 Å². The van der Waals surface area contributed by atoms with Gasteiger partial charge in [-0.3, -0.25) is 0 Å². The lowest BCUT2D eigenvalue weighted by Crippen LogP contribution is -2.04. The fraction of sp³-hybridized carbons (Fsp3) is 0.333. The van der Waals surface area contributed by atoms with E-state index in [9.17, 15) is 0 Å². The maximum absolute atomic E-state index is 5.70. The van der Waals surface area contributed by atoms with E-state index in [2.05, 4.69) is 4.98 Å². The molecule has 1 aromatic carbocycles. The fourth-order valence-corrected chi connectivity index (χ4v) is 1.75. The molecule has 1 saturated heterocycles. The first-order valence-corrected chi connectivity index (χ1v) is 5.27. The number of aromatic nitrogens is 1. The Bertz CT molecular complexity index is 502. The van der Waals surface area contributed by atoms with Gasteiger partial charge >= 0.3 is 0 Å². The van der Waals surface area contributed by atoms with Crippen LogP contribution in [-0.2, 0) is 4.74 Å². The standard InChI is InChI=1S/C12H13NO3/c1-14-11-3-2-10(16-7-8-6-15-8)9-4-5-13-12(9)11/h2-5,8,13H,6-7H2,1H3. The van der Waals surface area contributed by atoms with Gasteiger partial charge in [-0.1, -0.05) is 0 Å². The first-order valence-electron chi connectivity index (χ1n) is 5.27. The molecule has 1 aliphatic rings. The first-order chi connectivity index (χ1) is 7.88. The van der Waals surface area contributed by atoms with Crippen molar-refractivity contribution in [1.29, 1.82) is 0 Å².